The van der Waals surface area contributed by atoms with Gasteiger partial charge in [-0.15, -0.1) is 0 Å². The monoisotopic (exact) mass is 541 g/mol. The Morgan fingerprint density at radius 2 is 1.85 bits per heavy atom. The van der Waals surface area contributed by atoms with Gasteiger partial charge in [0, 0.05) is 13.0 Å². The molecule has 0 aliphatic carbocycles. The molecule has 1 fully saturated rings. The number of benzene rings is 1. The van der Waals surface area contributed by atoms with E-state index in [1.807, 2.05) is 51.1 Å². The Morgan fingerprint density at radius 3 is 2.46 bits per heavy atom. The number of aromatic nitrogens is 1. The van der Waals surface area contributed by atoms with E-state index < -0.39 is 36.1 Å². The smallest absolute Gasteiger partial charge is 0.409 e. The summed E-state index contributed by atoms with van der Waals surface area (Å²) in [6.07, 6.45) is 0.345. The topological polar surface area (TPSA) is 143 Å². The van der Waals surface area contributed by atoms with Crippen LogP contribution in [0, 0.1) is 19.3 Å². The first-order valence-electron chi connectivity index (χ1n) is 13.3. The number of carbonyl (C=O) groups is 4. The van der Waals surface area contributed by atoms with Gasteiger partial charge in [0.2, 0.25) is 5.78 Å². The summed E-state index contributed by atoms with van der Waals surface area (Å²) < 4.78 is 10.8. The number of ketones is 1. The number of carbonyl (C=O) groups excluding carboxylic acids is 4. The number of unbranched alkanes of at least 4 members (excludes halogenated alkanes) is 1. The molecule has 0 radical (unpaired) electrons. The number of urea groups is 1. The summed E-state index contributed by atoms with van der Waals surface area (Å²) in [6, 6.07) is 7.39. The van der Waals surface area contributed by atoms with E-state index in [2.05, 4.69) is 21.1 Å². The van der Waals surface area contributed by atoms with Gasteiger partial charge in [-0.05, 0) is 38.2 Å². The van der Waals surface area contributed by atoms with Crippen LogP contribution in [0.1, 0.15) is 76.4 Å². The third kappa shape index (κ3) is 7.81. The van der Waals surface area contributed by atoms with Crippen LogP contribution in [0.3, 0.4) is 0 Å². The van der Waals surface area contributed by atoms with Gasteiger partial charge < -0.3 is 25.2 Å². The number of hydrogen-bond donors (Lipinski definition) is 3. The lowest BCUT2D eigenvalue weighted by Gasteiger charge is -2.26. The molecule has 3 atom stereocenters. The van der Waals surface area contributed by atoms with Crippen molar-refractivity contribution in [1.29, 1.82) is 0 Å². The van der Waals surface area contributed by atoms with E-state index in [-0.39, 0.29) is 17.9 Å². The minimum Gasteiger partial charge on any atom is -0.425 e. The van der Waals surface area contributed by atoms with Crippen LogP contribution in [0.5, 0.6) is 0 Å². The molecule has 4 amide bonds. The molecule has 0 bridgehead atoms. The number of rotatable bonds is 10. The number of nitrogens with one attached hydrogen (secondary N) is 3. The van der Waals surface area contributed by atoms with Gasteiger partial charge in [0.15, 0.2) is 12.0 Å². The molecule has 1 unspecified atom stereocenters. The van der Waals surface area contributed by atoms with E-state index in [9.17, 15) is 19.2 Å². The normalized spacial score (nSPS) is 17.7. The number of amides is 4. The number of anilines is 1. The van der Waals surface area contributed by atoms with E-state index in [4.69, 9.17) is 9.26 Å². The molecule has 11 heteroatoms. The quantitative estimate of drug-likeness (QED) is 0.373. The van der Waals surface area contributed by atoms with Crippen molar-refractivity contribution in [3.8, 4) is 0 Å². The highest BCUT2D eigenvalue weighted by Gasteiger charge is 2.43. The van der Waals surface area contributed by atoms with Crippen LogP contribution in [0.15, 0.2) is 34.9 Å². The summed E-state index contributed by atoms with van der Waals surface area (Å²) in [5.74, 6) is -1.06. The first-order valence-corrected chi connectivity index (χ1v) is 13.3. The van der Waals surface area contributed by atoms with Crippen LogP contribution >= 0.6 is 0 Å². The van der Waals surface area contributed by atoms with Gasteiger partial charge in [-0.3, -0.25) is 14.5 Å². The molecule has 3 N–H and O–H groups in total. The zero-order valence-corrected chi connectivity index (χ0v) is 23.5. The van der Waals surface area contributed by atoms with Crippen molar-refractivity contribution < 1.29 is 28.4 Å². The van der Waals surface area contributed by atoms with Crippen molar-refractivity contribution in [3.63, 3.8) is 0 Å². The summed E-state index contributed by atoms with van der Waals surface area (Å²) in [7, 11) is 0. The molecule has 3 rings (SSSR count). The Balaban J connectivity index is 1.66. The van der Waals surface area contributed by atoms with Crippen molar-refractivity contribution >= 4 is 29.5 Å². The second-order valence-corrected chi connectivity index (χ2v) is 10.8. The van der Waals surface area contributed by atoms with Crippen molar-refractivity contribution in [2.45, 2.75) is 85.5 Å². The molecule has 1 aliphatic heterocycles. The van der Waals surface area contributed by atoms with E-state index in [0.29, 0.717) is 36.5 Å². The van der Waals surface area contributed by atoms with Crippen LogP contribution in [0.4, 0.5) is 15.3 Å². The standard InChI is InChI=1S/C28H39N5O6/c1-7-8-14-21(24(34)25(35)29-17(2)20-12-10-9-11-13-20)30-27(37)38-22-15-28(5,6)16-33(22)26(36)31-23-18(3)32-39-19(23)4/h9-13,17,21-22H,7-8,14-16H2,1-6H3,(H,29,35)(H,30,37)(H,31,36)/t17-,21+,22?/m1/s1. The number of alkyl carbamates (subject to hydrolysis) is 1. The third-order valence-corrected chi connectivity index (χ3v) is 6.77. The minimum atomic E-state index is -1.06. The first kappa shape index (κ1) is 29.7. The number of nitrogens with zero attached hydrogens (tertiary/aromatic N) is 2. The molecule has 2 aromatic rings. The van der Waals surface area contributed by atoms with Gasteiger partial charge in [-0.1, -0.05) is 69.1 Å². The molecule has 0 saturated carbocycles. The maximum atomic E-state index is 13.1. The molecule has 11 nitrogen and oxygen atoms in total. The number of likely N-dealkylation sites (tertiary alicyclic amines) is 1. The van der Waals surface area contributed by atoms with Crippen molar-refractivity contribution in [1.82, 2.24) is 20.7 Å². The maximum Gasteiger partial charge on any atom is 0.409 e. The lowest BCUT2D eigenvalue weighted by molar-refractivity contribution is -0.139. The largest absolute Gasteiger partial charge is 0.425 e. The fraction of sp³-hybridized carbons (Fsp3) is 0.536. The molecule has 1 aromatic carbocycles. The lowest BCUT2D eigenvalue weighted by atomic mass is 9.93. The fourth-order valence-corrected chi connectivity index (χ4v) is 4.59. The van der Waals surface area contributed by atoms with Gasteiger partial charge in [-0.25, -0.2) is 9.59 Å². The molecule has 1 aliphatic rings. The van der Waals surface area contributed by atoms with Gasteiger partial charge >= 0.3 is 12.1 Å². The highest BCUT2D eigenvalue weighted by Crippen LogP contribution is 2.35. The molecule has 0 spiro atoms. The van der Waals surface area contributed by atoms with Crippen molar-refractivity contribution in [2.24, 2.45) is 5.41 Å². The van der Waals surface area contributed by atoms with Gasteiger partial charge in [0.05, 0.1) is 6.04 Å². The summed E-state index contributed by atoms with van der Waals surface area (Å²) in [5.41, 5.74) is 1.54. The van der Waals surface area contributed by atoms with E-state index in [1.54, 1.807) is 20.8 Å². The fourth-order valence-electron chi connectivity index (χ4n) is 4.59. The molecular weight excluding hydrogens is 502 g/mol. The number of Topliss-reactive ketones (excluding diaryl/α,β-unsaturated/α-hetero) is 1. The molecule has 2 heterocycles. The third-order valence-electron chi connectivity index (χ3n) is 6.77. The van der Waals surface area contributed by atoms with Crippen LogP contribution in [0.2, 0.25) is 0 Å². The summed E-state index contributed by atoms with van der Waals surface area (Å²) in [4.78, 5) is 53.3. The Morgan fingerprint density at radius 1 is 1.15 bits per heavy atom. The van der Waals surface area contributed by atoms with Crippen LogP contribution in [-0.4, -0.2) is 52.7 Å². The SMILES string of the molecule is CCCC[C@H](NC(=O)OC1CC(C)(C)CN1C(=O)Nc1c(C)noc1C)C(=O)C(=O)N[C@H](C)c1ccccc1. The van der Waals surface area contributed by atoms with E-state index in [0.717, 1.165) is 12.0 Å². The predicted molar refractivity (Wildman–Crippen MR) is 145 cm³/mol. The van der Waals surface area contributed by atoms with Crippen LogP contribution < -0.4 is 16.0 Å². The summed E-state index contributed by atoms with van der Waals surface area (Å²) >= 11 is 0. The average molecular weight is 542 g/mol. The van der Waals surface area contributed by atoms with Gasteiger partial charge in [-0.2, -0.15) is 0 Å². The Kier molecular flexibility index (Phi) is 9.71. The molecule has 39 heavy (non-hydrogen) atoms. The highest BCUT2D eigenvalue weighted by molar-refractivity contribution is 6.38. The molecule has 1 aromatic heterocycles. The Bertz CT molecular complexity index is 1160. The molecular formula is C28H39N5O6. The lowest BCUT2D eigenvalue weighted by Crippen LogP contribution is -2.50. The van der Waals surface area contributed by atoms with Crippen molar-refractivity contribution in [3.05, 3.63) is 47.3 Å². The second kappa shape index (κ2) is 12.8. The first-order chi connectivity index (χ1) is 18.4. The van der Waals surface area contributed by atoms with E-state index >= 15 is 0 Å². The zero-order chi connectivity index (χ0) is 28.7. The highest BCUT2D eigenvalue weighted by atomic mass is 16.6. The molecule has 212 valence electrons. The number of aryl methyl sites for hydroxylation is 2. The molecule has 1 saturated heterocycles. The van der Waals surface area contributed by atoms with Crippen molar-refractivity contribution in [2.75, 3.05) is 11.9 Å². The van der Waals surface area contributed by atoms with Gasteiger partial charge in [0.1, 0.15) is 17.4 Å². The number of ether oxygens (including phenoxy) is 1. The predicted octanol–water partition coefficient (Wildman–Crippen LogP) is 4.61. The Labute approximate surface area is 229 Å². The average Bonchev–Trinajstić information content (AvgIpc) is 3.38. The Hall–Kier alpha value is -3.89. The number of hydrogen-bond acceptors (Lipinski definition) is 7. The second-order valence-electron chi connectivity index (χ2n) is 10.8. The summed E-state index contributed by atoms with van der Waals surface area (Å²) in [6.45, 7) is 11.4. The zero-order valence-electron chi connectivity index (χ0n) is 23.5. The van der Waals surface area contributed by atoms with Crippen LogP contribution in [-0.2, 0) is 14.3 Å². The van der Waals surface area contributed by atoms with E-state index in [1.165, 1.54) is 4.90 Å². The minimum absolute atomic E-state index is 0.282. The van der Waals surface area contributed by atoms with Crippen LogP contribution in [0.25, 0.3) is 0 Å². The van der Waals surface area contributed by atoms with Gasteiger partial charge in [0.25, 0.3) is 5.91 Å². The maximum absolute atomic E-state index is 13.1. The summed E-state index contributed by atoms with van der Waals surface area (Å²) in [5, 5.41) is 11.9.